The van der Waals surface area contributed by atoms with Gasteiger partial charge in [-0.3, -0.25) is 4.79 Å². The van der Waals surface area contributed by atoms with Gasteiger partial charge in [-0.05, 0) is 26.7 Å². The zero-order valence-corrected chi connectivity index (χ0v) is 7.89. The lowest BCUT2D eigenvalue weighted by molar-refractivity contribution is -0.121. The molecule has 1 saturated carbocycles. The summed E-state index contributed by atoms with van der Waals surface area (Å²) in [6.07, 6.45) is 3.17. The predicted octanol–water partition coefficient (Wildman–Crippen LogP) is 0.653. The Morgan fingerprint density at radius 2 is 2.17 bits per heavy atom. The summed E-state index contributed by atoms with van der Waals surface area (Å²) in [4.78, 5) is 11.1. The molecule has 0 unspecified atom stereocenters. The second-order valence-electron chi connectivity index (χ2n) is 3.70. The molecular formula is C9H18N2O. The molecule has 3 heteroatoms. The third-order valence-electron chi connectivity index (χ3n) is 1.81. The molecule has 0 saturated heterocycles. The molecule has 0 aromatic carbocycles. The quantitative estimate of drug-likeness (QED) is 0.636. The fraction of sp³-hybridized carbons (Fsp3) is 0.889. The SMILES string of the molecule is CC(C)NC(=O)CCNC1CC1. The number of nitrogens with one attached hydrogen (secondary N) is 2. The van der Waals surface area contributed by atoms with Crippen molar-refractivity contribution < 1.29 is 4.79 Å². The Balaban J connectivity index is 1.93. The van der Waals surface area contributed by atoms with Crippen molar-refractivity contribution in [3.05, 3.63) is 0 Å². The molecule has 1 fully saturated rings. The number of carbonyl (C=O) groups excluding carboxylic acids is 1. The van der Waals surface area contributed by atoms with Crippen molar-refractivity contribution in [1.82, 2.24) is 10.6 Å². The second kappa shape index (κ2) is 4.45. The topological polar surface area (TPSA) is 41.1 Å². The fourth-order valence-electron chi connectivity index (χ4n) is 1.07. The van der Waals surface area contributed by atoms with E-state index in [1.54, 1.807) is 0 Å². The summed E-state index contributed by atoms with van der Waals surface area (Å²) in [5.74, 6) is 0.151. The minimum atomic E-state index is 0.151. The average molecular weight is 170 g/mol. The Hall–Kier alpha value is -0.570. The van der Waals surface area contributed by atoms with E-state index < -0.39 is 0 Å². The van der Waals surface area contributed by atoms with Gasteiger partial charge in [0.15, 0.2) is 0 Å². The van der Waals surface area contributed by atoms with E-state index in [0.29, 0.717) is 12.5 Å². The molecule has 0 aliphatic heterocycles. The highest BCUT2D eigenvalue weighted by Crippen LogP contribution is 2.18. The van der Waals surface area contributed by atoms with Gasteiger partial charge in [0.2, 0.25) is 5.91 Å². The molecule has 0 heterocycles. The molecule has 1 aliphatic carbocycles. The van der Waals surface area contributed by atoms with Gasteiger partial charge in [-0.15, -0.1) is 0 Å². The van der Waals surface area contributed by atoms with Crippen molar-refractivity contribution in [1.29, 1.82) is 0 Å². The van der Waals surface area contributed by atoms with Crippen LogP contribution < -0.4 is 10.6 Å². The molecule has 70 valence electrons. The van der Waals surface area contributed by atoms with Gasteiger partial charge < -0.3 is 10.6 Å². The maximum atomic E-state index is 11.1. The number of carbonyl (C=O) groups is 1. The molecule has 0 aromatic heterocycles. The fourth-order valence-corrected chi connectivity index (χ4v) is 1.07. The second-order valence-corrected chi connectivity index (χ2v) is 3.70. The van der Waals surface area contributed by atoms with Gasteiger partial charge in [0.1, 0.15) is 0 Å². The number of hydrogen-bond donors (Lipinski definition) is 2. The molecule has 0 bridgehead atoms. The first-order valence-electron chi connectivity index (χ1n) is 4.71. The van der Waals surface area contributed by atoms with Crippen LogP contribution in [0, 0.1) is 0 Å². The van der Waals surface area contributed by atoms with Crippen LogP contribution >= 0.6 is 0 Å². The maximum absolute atomic E-state index is 11.1. The molecule has 1 amide bonds. The van der Waals surface area contributed by atoms with Crippen LogP contribution in [-0.2, 0) is 4.79 Å². The van der Waals surface area contributed by atoms with Crippen LogP contribution in [0.1, 0.15) is 33.1 Å². The third kappa shape index (κ3) is 4.34. The van der Waals surface area contributed by atoms with Crippen molar-refractivity contribution in [3.8, 4) is 0 Å². The van der Waals surface area contributed by atoms with Crippen molar-refractivity contribution >= 4 is 5.91 Å². The molecule has 0 atom stereocenters. The van der Waals surface area contributed by atoms with E-state index in [4.69, 9.17) is 0 Å². The maximum Gasteiger partial charge on any atom is 0.221 e. The van der Waals surface area contributed by atoms with Crippen LogP contribution in [0.4, 0.5) is 0 Å². The van der Waals surface area contributed by atoms with Gasteiger partial charge in [0.05, 0.1) is 0 Å². The van der Waals surface area contributed by atoms with Crippen molar-refractivity contribution in [2.75, 3.05) is 6.54 Å². The molecule has 12 heavy (non-hydrogen) atoms. The van der Waals surface area contributed by atoms with Crippen LogP contribution in [-0.4, -0.2) is 24.5 Å². The van der Waals surface area contributed by atoms with Gasteiger partial charge in [-0.2, -0.15) is 0 Å². The zero-order chi connectivity index (χ0) is 8.97. The summed E-state index contributed by atoms with van der Waals surface area (Å²) in [5.41, 5.74) is 0. The minimum Gasteiger partial charge on any atom is -0.354 e. The Bertz CT molecular complexity index is 153. The van der Waals surface area contributed by atoms with Gasteiger partial charge in [0.25, 0.3) is 0 Å². The van der Waals surface area contributed by atoms with Crippen molar-refractivity contribution in [2.45, 2.75) is 45.2 Å². The predicted molar refractivity (Wildman–Crippen MR) is 48.9 cm³/mol. The first kappa shape index (κ1) is 9.52. The van der Waals surface area contributed by atoms with Gasteiger partial charge in [0, 0.05) is 25.0 Å². The molecule has 0 spiro atoms. The summed E-state index contributed by atoms with van der Waals surface area (Å²) in [6.45, 7) is 4.78. The van der Waals surface area contributed by atoms with E-state index >= 15 is 0 Å². The summed E-state index contributed by atoms with van der Waals surface area (Å²) in [6, 6.07) is 0.968. The number of hydrogen-bond acceptors (Lipinski definition) is 2. The van der Waals surface area contributed by atoms with Gasteiger partial charge in [-0.25, -0.2) is 0 Å². The van der Waals surface area contributed by atoms with E-state index in [0.717, 1.165) is 6.54 Å². The molecule has 1 aliphatic rings. The molecule has 0 radical (unpaired) electrons. The van der Waals surface area contributed by atoms with E-state index in [1.165, 1.54) is 12.8 Å². The highest BCUT2D eigenvalue weighted by Gasteiger charge is 2.19. The van der Waals surface area contributed by atoms with Crippen LogP contribution in [0.15, 0.2) is 0 Å². The summed E-state index contributed by atoms with van der Waals surface area (Å²) >= 11 is 0. The van der Waals surface area contributed by atoms with Gasteiger partial charge >= 0.3 is 0 Å². The normalized spacial score (nSPS) is 16.6. The van der Waals surface area contributed by atoms with Crippen LogP contribution in [0.2, 0.25) is 0 Å². The molecule has 2 N–H and O–H groups in total. The Kier molecular flexibility index (Phi) is 3.53. The van der Waals surface area contributed by atoms with Crippen LogP contribution in [0.3, 0.4) is 0 Å². The average Bonchev–Trinajstić information content (AvgIpc) is 2.69. The lowest BCUT2D eigenvalue weighted by atomic mass is 10.3. The van der Waals surface area contributed by atoms with Gasteiger partial charge in [-0.1, -0.05) is 0 Å². The van der Waals surface area contributed by atoms with E-state index in [1.807, 2.05) is 13.8 Å². The summed E-state index contributed by atoms with van der Waals surface area (Å²) in [7, 11) is 0. The van der Waals surface area contributed by atoms with Crippen LogP contribution in [0.25, 0.3) is 0 Å². The van der Waals surface area contributed by atoms with Crippen molar-refractivity contribution in [2.24, 2.45) is 0 Å². The molecule has 3 nitrogen and oxygen atoms in total. The Labute approximate surface area is 73.9 Å². The summed E-state index contributed by atoms with van der Waals surface area (Å²) < 4.78 is 0. The van der Waals surface area contributed by atoms with E-state index in [2.05, 4.69) is 10.6 Å². The third-order valence-corrected chi connectivity index (χ3v) is 1.81. The van der Waals surface area contributed by atoms with Crippen LogP contribution in [0.5, 0.6) is 0 Å². The molecular weight excluding hydrogens is 152 g/mol. The first-order valence-corrected chi connectivity index (χ1v) is 4.71. The summed E-state index contributed by atoms with van der Waals surface area (Å²) in [5, 5.41) is 6.16. The zero-order valence-electron chi connectivity index (χ0n) is 7.89. The van der Waals surface area contributed by atoms with E-state index in [-0.39, 0.29) is 11.9 Å². The molecule has 1 rings (SSSR count). The lowest BCUT2D eigenvalue weighted by Crippen LogP contribution is -2.32. The number of amides is 1. The lowest BCUT2D eigenvalue weighted by Gasteiger charge is -2.08. The smallest absolute Gasteiger partial charge is 0.221 e. The monoisotopic (exact) mass is 170 g/mol. The van der Waals surface area contributed by atoms with Crippen molar-refractivity contribution in [3.63, 3.8) is 0 Å². The minimum absolute atomic E-state index is 0.151. The van der Waals surface area contributed by atoms with E-state index in [9.17, 15) is 4.79 Å². The largest absolute Gasteiger partial charge is 0.354 e. The standard InChI is InChI=1S/C9H18N2O/c1-7(2)11-9(12)5-6-10-8-3-4-8/h7-8,10H,3-6H2,1-2H3,(H,11,12). The Morgan fingerprint density at radius 1 is 1.50 bits per heavy atom. The Morgan fingerprint density at radius 3 is 2.67 bits per heavy atom. The highest BCUT2D eigenvalue weighted by molar-refractivity contribution is 5.76. The highest BCUT2D eigenvalue weighted by atomic mass is 16.1. The number of rotatable bonds is 5. The molecule has 0 aromatic rings. The first-order chi connectivity index (χ1) is 5.68.